The molecule has 0 unspecified atom stereocenters. The zero-order valence-corrected chi connectivity index (χ0v) is 9.14. The highest BCUT2D eigenvalue weighted by Crippen LogP contribution is 2.31. The fourth-order valence-electron chi connectivity index (χ4n) is 1.27. The minimum absolute atomic E-state index is 0.134. The van der Waals surface area contributed by atoms with Gasteiger partial charge < -0.3 is 0 Å². The number of hydrogen-bond donors (Lipinski definition) is 1. The summed E-state index contributed by atoms with van der Waals surface area (Å²) in [5, 5.41) is 2.57. The minimum atomic E-state index is -4.77. The summed E-state index contributed by atoms with van der Waals surface area (Å²) >= 11 is 0. The van der Waals surface area contributed by atoms with Gasteiger partial charge in [0.05, 0.1) is 18.7 Å². The first kappa shape index (κ1) is 14.2. The van der Waals surface area contributed by atoms with Gasteiger partial charge in [-0.25, -0.2) is 4.39 Å². The van der Waals surface area contributed by atoms with Crippen molar-refractivity contribution in [2.45, 2.75) is 6.18 Å². The fraction of sp³-hybridized carbons (Fsp3) is 0.250. The molecule has 1 N–H and O–H groups in total. The third-order valence-corrected chi connectivity index (χ3v) is 2.11. The number of ketones is 1. The number of alkyl halides is 3. The molecule has 0 radical (unpaired) electrons. The SMILES string of the molecule is C#CCNCC(=O)c1ccc(C(F)(F)F)c(F)c1. The molecular formula is C12H9F4NO. The first-order valence-electron chi connectivity index (χ1n) is 4.90. The van der Waals surface area contributed by atoms with Gasteiger partial charge in [0.15, 0.2) is 5.78 Å². The summed E-state index contributed by atoms with van der Waals surface area (Å²) in [5.41, 5.74) is -1.53. The first-order chi connectivity index (χ1) is 8.36. The molecule has 0 fully saturated rings. The van der Waals surface area contributed by atoms with Gasteiger partial charge in [-0.15, -0.1) is 6.42 Å². The average molecular weight is 259 g/mol. The monoisotopic (exact) mass is 259 g/mol. The van der Waals surface area contributed by atoms with E-state index in [-0.39, 0.29) is 18.7 Å². The molecule has 0 aromatic heterocycles. The zero-order chi connectivity index (χ0) is 13.8. The third kappa shape index (κ3) is 3.57. The van der Waals surface area contributed by atoms with E-state index in [1.807, 2.05) is 0 Å². The van der Waals surface area contributed by atoms with Crippen molar-refractivity contribution in [2.75, 3.05) is 13.1 Å². The summed E-state index contributed by atoms with van der Waals surface area (Å²) < 4.78 is 50.0. The highest BCUT2D eigenvalue weighted by Gasteiger charge is 2.34. The second-order valence-electron chi connectivity index (χ2n) is 3.42. The summed E-state index contributed by atoms with van der Waals surface area (Å²) in [5.74, 6) is 0.232. The lowest BCUT2D eigenvalue weighted by Gasteiger charge is -2.09. The molecule has 1 aromatic rings. The molecule has 0 heterocycles. The minimum Gasteiger partial charge on any atom is -0.299 e. The lowest BCUT2D eigenvalue weighted by Crippen LogP contribution is -2.23. The van der Waals surface area contributed by atoms with Gasteiger partial charge in [0.25, 0.3) is 0 Å². The Bertz CT molecular complexity index is 488. The van der Waals surface area contributed by atoms with Crippen molar-refractivity contribution in [3.8, 4) is 12.3 Å². The van der Waals surface area contributed by atoms with Gasteiger partial charge >= 0.3 is 6.18 Å². The number of terminal acetylenes is 1. The number of Topliss-reactive ketones (excluding diaryl/α,β-unsaturated/α-hetero) is 1. The van der Waals surface area contributed by atoms with Crippen LogP contribution in [0.25, 0.3) is 0 Å². The lowest BCUT2D eigenvalue weighted by atomic mass is 10.1. The van der Waals surface area contributed by atoms with Crippen LogP contribution in [-0.2, 0) is 6.18 Å². The molecule has 18 heavy (non-hydrogen) atoms. The Morgan fingerprint density at radius 3 is 2.56 bits per heavy atom. The molecule has 96 valence electrons. The van der Waals surface area contributed by atoms with Crippen LogP contribution in [0, 0.1) is 18.2 Å². The number of halogens is 4. The maximum absolute atomic E-state index is 13.2. The van der Waals surface area contributed by atoms with Crippen molar-refractivity contribution in [2.24, 2.45) is 0 Å². The molecule has 2 nitrogen and oxygen atoms in total. The molecule has 0 spiro atoms. The number of carbonyl (C=O) groups excluding carboxylic acids is 1. The number of benzene rings is 1. The quantitative estimate of drug-likeness (QED) is 0.389. The summed E-state index contributed by atoms with van der Waals surface area (Å²) in [6.07, 6.45) is 0.166. The van der Waals surface area contributed by atoms with Crippen molar-refractivity contribution < 1.29 is 22.4 Å². The molecule has 0 saturated carbocycles. The van der Waals surface area contributed by atoms with Crippen LogP contribution >= 0.6 is 0 Å². The molecule has 0 atom stereocenters. The van der Waals surface area contributed by atoms with E-state index in [2.05, 4.69) is 11.2 Å². The Morgan fingerprint density at radius 2 is 2.06 bits per heavy atom. The summed E-state index contributed by atoms with van der Waals surface area (Å²) in [6.45, 7) is -0.0101. The van der Waals surface area contributed by atoms with Gasteiger partial charge in [-0.3, -0.25) is 10.1 Å². The molecule has 6 heteroatoms. The van der Waals surface area contributed by atoms with Crippen LogP contribution in [0.3, 0.4) is 0 Å². The number of hydrogen-bond acceptors (Lipinski definition) is 2. The fourth-order valence-corrected chi connectivity index (χ4v) is 1.27. The summed E-state index contributed by atoms with van der Waals surface area (Å²) in [6, 6.07) is 2.05. The van der Waals surface area contributed by atoms with Crippen molar-refractivity contribution >= 4 is 5.78 Å². The molecule has 0 saturated heterocycles. The molecule has 0 aliphatic heterocycles. The molecule has 1 aromatic carbocycles. The van der Waals surface area contributed by atoms with Crippen molar-refractivity contribution in [1.82, 2.24) is 5.32 Å². The zero-order valence-electron chi connectivity index (χ0n) is 9.14. The van der Waals surface area contributed by atoms with E-state index in [1.54, 1.807) is 0 Å². The van der Waals surface area contributed by atoms with Crippen LogP contribution < -0.4 is 5.32 Å². The summed E-state index contributed by atoms with van der Waals surface area (Å²) in [4.78, 5) is 11.5. The topological polar surface area (TPSA) is 29.1 Å². The molecule has 0 aliphatic carbocycles. The molecule has 1 rings (SSSR count). The van der Waals surface area contributed by atoms with E-state index in [4.69, 9.17) is 6.42 Å². The van der Waals surface area contributed by atoms with Crippen molar-refractivity contribution in [1.29, 1.82) is 0 Å². The predicted octanol–water partition coefficient (Wildman–Crippen LogP) is 2.25. The largest absolute Gasteiger partial charge is 0.419 e. The van der Waals surface area contributed by atoms with Gasteiger partial charge in [0, 0.05) is 5.56 Å². The van der Waals surface area contributed by atoms with Gasteiger partial charge in [0.1, 0.15) is 5.82 Å². The number of carbonyl (C=O) groups is 1. The Balaban J connectivity index is 2.85. The second-order valence-corrected chi connectivity index (χ2v) is 3.42. The van der Waals surface area contributed by atoms with E-state index < -0.39 is 23.3 Å². The average Bonchev–Trinajstić information content (AvgIpc) is 2.27. The van der Waals surface area contributed by atoms with Crippen LogP contribution in [-0.4, -0.2) is 18.9 Å². The Labute approximate surface area is 101 Å². The Kier molecular flexibility index (Phi) is 4.45. The molecule has 0 amide bonds. The lowest BCUT2D eigenvalue weighted by molar-refractivity contribution is -0.140. The normalized spacial score (nSPS) is 11.1. The molecular weight excluding hydrogens is 250 g/mol. The standard InChI is InChI=1S/C12H9F4NO/c1-2-5-17-7-11(18)8-3-4-9(10(13)6-8)12(14,15)16/h1,3-4,6,17H,5,7H2. The number of rotatable bonds is 4. The van der Waals surface area contributed by atoms with Crippen LogP contribution in [0.4, 0.5) is 17.6 Å². The highest BCUT2D eigenvalue weighted by atomic mass is 19.4. The van der Waals surface area contributed by atoms with Crippen molar-refractivity contribution in [3.63, 3.8) is 0 Å². The van der Waals surface area contributed by atoms with Gasteiger partial charge in [-0.2, -0.15) is 13.2 Å². The predicted molar refractivity (Wildman–Crippen MR) is 57.4 cm³/mol. The summed E-state index contributed by atoms with van der Waals surface area (Å²) in [7, 11) is 0. The van der Waals surface area contributed by atoms with Gasteiger partial charge in [-0.05, 0) is 12.1 Å². The Hall–Kier alpha value is -1.87. The van der Waals surface area contributed by atoms with E-state index in [9.17, 15) is 22.4 Å². The van der Waals surface area contributed by atoms with Crippen molar-refractivity contribution in [3.05, 3.63) is 35.1 Å². The highest BCUT2D eigenvalue weighted by molar-refractivity contribution is 5.97. The molecule has 0 aliphatic rings. The van der Waals surface area contributed by atoms with E-state index in [1.165, 1.54) is 0 Å². The first-order valence-corrected chi connectivity index (χ1v) is 4.90. The third-order valence-electron chi connectivity index (χ3n) is 2.11. The maximum Gasteiger partial charge on any atom is 0.419 e. The molecule has 0 bridgehead atoms. The van der Waals surface area contributed by atoms with Crippen LogP contribution in [0.5, 0.6) is 0 Å². The Morgan fingerprint density at radius 1 is 1.39 bits per heavy atom. The number of nitrogens with one attached hydrogen (secondary N) is 1. The second kappa shape index (κ2) is 5.65. The van der Waals surface area contributed by atoms with Crippen LogP contribution in [0.15, 0.2) is 18.2 Å². The van der Waals surface area contributed by atoms with Crippen LogP contribution in [0.2, 0.25) is 0 Å². The van der Waals surface area contributed by atoms with E-state index in [0.717, 1.165) is 6.07 Å². The van der Waals surface area contributed by atoms with Gasteiger partial charge in [0.2, 0.25) is 0 Å². The van der Waals surface area contributed by atoms with E-state index >= 15 is 0 Å². The van der Waals surface area contributed by atoms with Gasteiger partial charge in [-0.1, -0.05) is 12.0 Å². The van der Waals surface area contributed by atoms with Crippen LogP contribution in [0.1, 0.15) is 15.9 Å². The van der Waals surface area contributed by atoms with E-state index in [0.29, 0.717) is 12.1 Å². The smallest absolute Gasteiger partial charge is 0.299 e. The maximum atomic E-state index is 13.2.